The molecule has 3 rings (SSSR count). The van der Waals surface area contributed by atoms with Gasteiger partial charge in [-0.25, -0.2) is 0 Å². The maximum Gasteiger partial charge on any atom is 0.0744 e. The molecule has 0 spiro atoms. The minimum atomic E-state index is 0.444. The van der Waals surface area contributed by atoms with Crippen LogP contribution < -0.4 is 0 Å². The van der Waals surface area contributed by atoms with Crippen molar-refractivity contribution in [2.45, 2.75) is 38.6 Å². The molecule has 0 amide bonds. The zero-order valence-electron chi connectivity index (χ0n) is 12.0. The van der Waals surface area contributed by atoms with Gasteiger partial charge in [-0.1, -0.05) is 13.8 Å². The first-order chi connectivity index (χ1) is 9.16. The molecule has 2 aromatic heterocycles. The standard InChI is InChI=1S/C15H22N4/c1-11(2)15-13-10-16-7-4-14(13)19(17-15)12-5-8-18(3)9-6-12/h4,7,10-12H,5-6,8-9H2,1-3H3. The Bertz CT molecular complexity index is 565. The second-order valence-electron chi connectivity index (χ2n) is 5.91. The largest absolute Gasteiger partial charge is 0.306 e. The molecule has 2 aromatic rings. The fraction of sp³-hybridized carbons (Fsp3) is 0.600. The highest BCUT2D eigenvalue weighted by Gasteiger charge is 2.22. The van der Waals surface area contributed by atoms with E-state index in [1.54, 1.807) is 0 Å². The summed E-state index contributed by atoms with van der Waals surface area (Å²) in [7, 11) is 2.20. The minimum absolute atomic E-state index is 0.444. The van der Waals surface area contributed by atoms with E-state index in [-0.39, 0.29) is 0 Å². The van der Waals surface area contributed by atoms with E-state index in [0.717, 1.165) is 13.1 Å². The molecule has 0 bridgehead atoms. The van der Waals surface area contributed by atoms with E-state index in [1.807, 2.05) is 12.4 Å². The summed E-state index contributed by atoms with van der Waals surface area (Å²) in [6.07, 6.45) is 6.21. The highest BCUT2D eigenvalue weighted by molar-refractivity contribution is 5.81. The van der Waals surface area contributed by atoms with E-state index < -0.39 is 0 Å². The number of piperidine rings is 1. The topological polar surface area (TPSA) is 34.0 Å². The first kappa shape index (κ1) is 12.6. The third-order valence-corrected chi connectivity index (χ3v) is 4.12. The van der Waals surface area contributed by atoms with Gasteiger partial charge in [-0.05, 0) is 45.0 Å². The molecule has 0 unspecified atom stereocenters. The lowest BCUT2D eigenvalue weighted by Gasteiger charge is -2.29. The summed E-state index contributed by atoms with van der Waals surface area (Å²) in [6.45, 7) is 6.73. The van der Waals surface area contributed by atoms with Crippen LogP contribution >= 0.6 is 0 Å². The fourth-order valence-corrected chi connectivity index (χ4v) is 2.95. The molecule has 0 aliphatic carbocycles. The molecule has 0 radical (unpaired) electrons. The average Bonchev–Trinajstić information content (AvgIpc) is 2.79. The summed E-state index contributed by atoms with van der Waals surface area (Å²) in [6, 6.07) is 2.64. The molecule has 3 heterocycles. The monoisotopic (exact) mass is 258 g/mol. The van der Waals surface area contributed by atoms with Gasteiger partial charge in [-0.15, -0.1) is 0 Å². The summed E-state index contributed by atoms with van der Waals surface area (Å²) in [4.78, 5) is 6.66. The Kier molecular flexibility index (Phi) is 3.27. The third kappa shape index (κ3) is 2.25. The van der Waals surface area contributed by atoms with Crippen molar-refractivity contribution in [2.24, 2.45) is 0 Å². The molecule has 1 fully saturated rings. The Labute approximate surface area is 114 Å². The van der Waals surface area contributed by atoms with Crippen LogP contribution in [0.2, 0.25) is 0 Å². The molecule has 0 N–H and O–H groups in total. The lowest BCUT2D eigenvalue weighted by Crippen LogP contribution is -2.31. The van der Waals surface area contributed by atoms with Crippen LogP contribution in [0.5, 0.6) is 0 Å². The van der Waals surface area contributed by atoms with Gasteiger partial charge in [0.25, 0.3) is 0 Å². The van der Waals surface area contributed by atoms with Gasteiger partial charge in [-0.3, -0.25) is 9.67 Å². The molecule has 0 atom stereocenters. The van der Waals surface area contributed by atoms with E-state index in [0.29, 0.717) is 12.0 Å². The van der Waals surface area contributed by atoms with E-state index >= 15 is 0 Å². The van der Waals surface area contributed by atoms with Gasteiger partial charge in [0.05, 0.1) is 17.3 Å². The summed E-state index contributed by atoms with van der Waals surface area (Å²) < 4.78 is 2.25. The molecule has 4 nitrogen and oxygen atoms in total. The zero-order chi connectivity index (χ0) is 13.4. The molecule has 1 aliphatic heterocycles. The molecule has 1 saturated heterocycles. The first-order valence-corrected chi connectivity index (χ1v) is 7.17. The lowest BCUT2D eigenvalue weighted by molar-refractivity contribution is 0.215. The number of aromatic nitrogens is 3. The van der Waals surface area contributed by atoms with E-state index in [9.17, 15) is 0 Å². The molecule has 4 heteroatoms. The molecule has 1 aliphatic rings. The van der Waals surface area contributed by atoms with Crippen molar-refractivity contribution in [1.82, 2.24) is 19.7 Å². The van der Waals surface area contributed by atoms with Gasteiger partial charge in [0, 0.05) is 17.8 Å². The van der Waals surface area contributed by atoms with Crippen LogP contribution in [0.4, 0.5) is 0 Å². The average molecular weight is 258 g/mol. The third-order valence-electron chi connectivity index (χ3n) is 4.12. The Morgan fingerprint density at radius 1 is 1.26 bits per heavy atom. The quantitative estimate of drug-likeness (QED) is 0.830. The molecule has 0 saturated carbocycles. The molecule has 0 aromatic carbocycles. The number of rotatable bonds is 2. The van der Waals surface area contributed by atoms with E-state index in [2.05, 4.69) is 41.5 Å². The predicted octanol–water partition coefficient (Wildman–Crippen LogP) is 2.82. The molecule has 102 valence electrons. The summed E-state index contributed by atoms with van der Waals surface area (Å²) in [5.74, 6) is 0.444. The van der Waals surface area contributed by atoms with Gasteiger partial charge in [-0.2, -0.15) is 5.10 Å². The van der Waals surface area contributed by atoms with E-state index in [4.69, 9.17) is 5.10 Å². The Morgan fingerprint density at radius 2 is 2.00 bits per heavy atom. The number of nitrogens with zero attached hydrogens (tertiary/aromatic N) is 4. The van der Waals surface area contributed by atoms with Crippen molar-refractivity contribution < 1.29 is 0 Å². The Balaban J connectivity index is 2.03. The maximum atomic E-state index is 4.90. The smallest absolute Gasteiger partial charge is 0.0744 e. The zero-order valence-corrected chi connectivity index (χ0v) is 12.0. The first-order valence-electron chi connectivity index (χ1n) is 7.17. The summed E-state index contributed by atoms with van der Waals surface area (Å²) >= 11 is 0. The van der Waals surface area contributed by atoms with Gasteiger partial charge >= 0.3 is 0 Å². The van der Waals surface area contributed by atoms with Crippen LogP contribution in [0, 0.1) is 0 Å². The Hall–Kier alpha value is -1.42. The van der Waals surface area contributed by atoms with Crippen molar-refractivity contribution in [2.75, 3.05) is 20.1 Å². The van der Waals surface area contributed by atoms with Crippen LogP contribution in [-0.4, -0.2) is 39.8 Å². The van der Waals surface area contributed by atoms with Crippen molar-refractivity contribution >= 4 is 10.9 Å². The number of hydrogen-bond donors (Lipinski definition) is 0. The van der Waals surface area contributed by atoms with Crippen molar-refractivity contribution in [3.05, 3.63) is 24.2 Å². The van der Waals surface area contributed by atoms with Crippen LogP contribution in [-0.2, 0) is 0 Å². The van der Waals surface area contributed by atoms with Crippen molar-refractivity contribution in [1.29, 1.82) is 0 Å². The van der Waals surface area contributed by atoms with Crippen LogP contribution in [0.25, 0.3) is 10.9 Å². The summed E-state index contributed by atoms with van der Waals surface area (Å²) in [5, 5.41) is 6.11. The molecular weight excluding hydrogens is 236 g/mol. The fourth-order valence-electron chi connectivity index (χ4n) is 2.95. The van der Waals surface area contributed by atoms with E-state index in [1.165, 1.54) is 29.4 Å². The van der Waals surface area contributed by atoms with Crippen molar-refractivity contribution in [3.63, 3.8) is 0 Å². The predicted molar refractivity (Wildman–Crippen MR) is 77.4 cm³/mol. The SMILES string of the molecule is CC(C)c1nn(C2CCN(C)CC2)c2ccncc12. The van der Waals surface area contributed by atoms with Crippen molar-refractivity contribution in [3.8, 4) is 0 Å². The van der Waals surface area contributed by atoms with Gasteiger partial charge in [0.15, 0.2) is 0 Å². The number of likely N-dealkylation sites (tertiary alicyclic amines) is 1. The second-order valence-corrected chi connectivity index (χ2v) is 5.91. The highest BCUT2D eigenvalue weighted by atomic mass is 15.3. The summed E-state index contributed by atoms with van der Waals surface area (Å²) in [5.41, 5.74) is 2.43. The van der Waals surface area contributed by atoms with Crippen LogP contribution in [0.15, 0.2) is 18.5 Å². The van der Waals surface area contributed by atoms with Crippen LogP contribution in [0.3, 0.4) is 0 Å². The maximum absolute atomic E-state index is 4.90. The molecule has 19 heavy (non-hydrogen) atoms. The number of fused-ring (bicyclic) bond motifs is 1. The highest BCUT2D eigenvalue weighted by Crippen LogP contribution is 2.30. The second kappa shape index (κ2) is 4.93. The number of pyridine rings is 1. The van der Waals surface area contributed by atoms with Gasteiger partial charge < -0.3 is 4.90 Å². The molecular formula is C15H22N4. The lowest BCUT2D eigenvalue weighted by atomic mass is 10.1. The normalized spacial score (nSPS) is 18.5. The van der Waals surface area contributed by atoms with Crippen LogP contribution in [0.1, 0.15) is 44.3 Å². The van der Waals surface area contributed by atoms with Gasteiger partial charge in [0.2, 0.25) is 0 Å². The Morgan fingerprint density at radius 3 is 2.68 bits per heavy atom. The van der Waals surface area contributed by atoms with Gasteiger partial charge in [0.1, 0.15) is 0 Å². The minimum Gasteiger partial charge on any atom is -0.306 e. The number of hydrogen-bond acceptors (Lipinski definition) is 3.